The van der Waals surface area contributed by atoms with E-state index in [9.17, 15) is 18.0 Å². The van der Waals surface area contributed by atoms with Crippen molar-refractivity contribution in [3.63, 3.8) is 0 Å². The van der Waals surface area contributed by atoms with E-state index in [0.717, 1.165) is 0 Å². The molecule has 0 bridgehead atoms. The fourth-order valence-electron chi connectivity index (χ4n) is 2.36. The van der Waals surface area contributed by atoms with Crippen LogP contribution in [0.25, 0.3) is 0 Å². The number of carbonyl (C=O) groups excluding carboxylic acids is 2. The number of hydrogen-bond acceptors (Lipinski definition) is 6. The van der Waals surface area contributed by atoms with Crippen LogP contribution in [0.5, 0.6) is 0 Å². The molecule has 0 heterocycles. The smallest absolute Gasteiger partial charge is 0.337 e. The zero-order chi connectivity index (χ0) is 19.5. The molecule has 0 unspecified atom stereocenters. The second-order valence-electron chi connectivity index (χ2n) is 5.60. The molecule has 2 aromatic carbocycles. The molecule has 0 aliphatic rings. The Labute approximate surface area is 152 Å². The summed E-state index contributed by atoms with van der Waals surface area (Å²) in [6, 6.07) is 8.78. The number of carbonyl (C=O) groups is 2. The van der Waals surface area contributed by atoms with Crippen LogP contribution in [-0.4, -0.2) is 34.6 Å². The van der Waals surface area contributed by atoms with Crippen LogP contribution in [0.1, 0.15) is 31.8 Å². The third kappa shape index (κ3) is 4.02. The molecule has 0 saturated carbocycles. The van der Waals surface area contributed by atoms with E-state index in [4.69, 9.17) is 0 Å². The predicted octanol–water partition coefficient (Wildman–Crippen LogP) is 2.68. The maximum Gasteiger partial charge on any atom is 0.337 e. The van der Waals surface area contributed by atoms with Gasteiger partial charge in [-0.05, 0) is 55.3 Å². The standard InChI is InChI=1S/C18H19NO6S/c1-11-5-6-14(18(21)25-4)10-16(11)26(22,23)19-15-8-7-13(9-12(15)2)17(20)24-3/h5-10,19H,1-4H3. The van der Waals surface area contributed by atoms with Crippen molar-refractivity contribution in [2.45, 2.75) is 18.7 Å². The van der Waals surface area contributed by atoms with E-state index < -0.39 is 22.0 Å². The van der Waals surface area contributed by atoms with Crippen LogP contribution in [0.2, 0.25) is 0 Å². The Morgan fingerprint density at radius 3 is 1.92 bits per heavy atom. The van der Waals surface area contributed by atoms with Crippen molar-refractivity contribution in [2.24, 2.45) is 0 Å². The summed E-state index contributed by atoms with van der Waals surface area (Å²) in [5.41, 5.74) is 1.81. The molecule has 2 aromatic rings. The SMILES string of the molecule is COC(=O)c1ccc(NS(=O)(=O)c2cc(C(=O)OC)ccc2C)c(C)c1. The van der Waals surface area contributed by atoms with Gasteiger partial charge in [-0.1, -0.05) is 6.07 Å². The van der Waals surface area contributed by atoms with E-state index in [1.807, 2.05) is 0 Å². The predicted molar refractivity (Wildman–Crippen MR) is 95.8 cm³/mol. The molecule has 1 N–H and O–H groups in total. The third-order valence-corrected chi connectivity index (χ3v) is 5.30. The molecule has 0 saturated heterocycles. The molecule has 0 spiro atoms. The molecule has 7 nitrogen and oxygen atoms in total. The Kier molecular flexibility index (Phi) is 5.66. The normalized spacial score (nSPS) is 10.9. The summed E-state index contributed by atoms with van der Waals surface area (Å²) in [4.78, 5) is 23.2. The number of nitrogens with one attached hydrogen (secondary N) is 1. The molecule has 0 radical (unpaired) electrons. The monoisotopic (exact) mass is 377 g/mol. The first-order valence-corrected chi connectivity index (χ1v) is 9.08. The van der Waals surface area contributed by atoms with E-state index in [2.05, 4.69) is 14.2 Å². The van der Waals surface area contributed by atoms with Crippen LogP contribution in [0.4, 0.5) is 5.69 Å². The van der Waals surface area contributed by atoms with E-state index in [0.29, 0.717) is 22.4 Å². The third-order valence-electron chi connectivity index (χ3n) is 3.79. The number of rotatable bonds is 5. The van der Waals surface area contributed by atoms with Crippen LogP contribution in [0.15, 0.2) is 41.3 Å². The first kappa shape index (κ1) is 19.5. The molecular formula is C18H19NO6S. The van der Waals surface area contributed by atoms with Gasteiger partial charge in [-0.2, -0.15) is 0 Å². The lowest BCUT2D eigenvalue weighted by molar-refractivity contribution is 0.0591. The van der Waals surface area contributed by atoms with Gasteiger partial charge in [0, 0.05) is 0 Å². The van der Waals surface area contributed by atoms with Crippen molar-refractivity contribution in [2.75, 3.05) is 18.9 Å². The van der Waals surface area contributed by atoms with E-state index in [-0.39, 0.29) is 10.5 Å². The summed E-state index contributed by atoms with van der Waals surface area (Å²) >= 11 is 0. The van der Waals surface area contributed by atoms with Crippen molar-refractivity contribution in [3.8, 4) is 0 Å². The second kappa shape index (κ2) is 7.57. The first-order valence-electron chi connectivity index (χ1n) is 7.60. The van der Waals surface area contributed by atoms with Crippen LogP contribution in [0, 0.1) is 13.8 Å². The minimum atomic E-state index is -3.94. The molecule has 138 valence electrons. The van der Waals surface area contributed by atoms with Crippen molar-refractivity contribution < 1.29 is 27.5 Å². The first-order chi connectivity index (χ1) is 12.2. The number of methoxy groups -OCH3 is 2. The Bertz CT molecular complexity index is 966. The summed E-state index contributed by atoms with van der Waals surface area (Å²) in [6.07, 6.45) is 0. The Balaban J connectivity index is 2.40. The van der Waals surface area contributed by atoms with Gasteiger partial charge in [-0.15, -0.1) is 0 Å². The average Bonchev–Trinajstić information content (AvgIpc) is 2.62. The van der Waals surface area contributed by atoms with Gasteiger partial charge in [-0.25, -0.2) is 18.0 Å². The van der Waals surface area contributed by atoms with Gasteiger partial charge in [0.05, 0.1) is 35.9 Å². The number of ether oxygens (including phenoxy) is 2. The molecule has 0 aliphatic carbocycles. The highest BCUT2D eigenvalue weighted by atomic mass is 32.2. The lowest BCUT2D eigenvalue weighted by Crippen LogP contribution is -2.16. The van der Waals surface area contributed by atoms with Crippen molar-refractivity contribution in [1.82, 2.24) is 0 Å². The quantitative estimate of drug-likeness (QED) is 0.805. The number of anilines is 1. The highest BCUT2D eigenvalue weighted by Gasteiger charge is 2.20. The van der Waals surface area contributed by atoms with Crippen molar-refractivity contribution >= 4 is 27.6 Å². The summed E-state index contributed by atoms with van der Waals surface area (Å²) < 4.78 is 37.3. The number of sulfonamides is 1. The van der Waals surface area contributed by atoms with E-state index in [1.54, 1.807) is 13.8 Å². The summed E-state index contributed by atoms with van der Waals surface area (Å²) in [6.45, 7) is 3.30. The second-order valence-corrected chi connectivity index (χ2v) is 7.25. The lowest BCUT2D eigenvalue weighted by Gasteiger charge is -2.14. The fraction of sp³-hybridized carbons (Fsp3) is 0.222. The van der Waals surface area contributed by atoms with Crippen LogP contribution in [-0.2, 0) is 19.5 Å². The van der Waals surface area contributed by atoms with Gasteiger partial charge in [0.1, 0.15) is 0 Å². The molecule has 0 atom stereocenters. The van der Waals surface area contributed by atoms with Gasteiger partial charge < -0.3 is 9.47 Å². The zero-order valence-corrected chi connectivity index (χ0v) is 15.6. The number of esters is 2. The molecule has 0 aromatic heterocycles. The minimum Gasteiger partial charge on any atom is -0.465 e. The van der Waals surface area contributed by atoms with Gasteiger partial charge in [0.15, 0.2) is 0 Å². The van der Waals surface area contributed by atoms with Crippen molar-refractivity contribution in [3.05, 3.63) is 58.7 Å². The van der Waals surface area contributed by atoms with Crippen molar-refractivity contribution in [1.29, 1.82) is 0 Å². The van der Waals surface area contributed by atoms with Gasteiger partial charge >= 0.3 is 11.9 Å². The molecule has 0 amide bonds. The topological polar surface area (TPSA) is 98.8 Å². The van der Waals surface area contributed by atoms with Crippen LogP contribution >= 0.6 is 0 Å². The fourth-order valence-corrected chi connectivity index (χ4v) is 3.76. The number of hydrogen-bond donors (Lipinski definition) is 1. The van der Waals surface area contributed by atoms with Gasteiger partial charge in [0.2, 0.25) is 0 Å². The molecule has 8 heteroatoms. The van der Waals surface area contributed by atoms with E-state index >= 15 is 0 Å². The molecular weight excluding hydrogens is 358 g/mol. The number of aryl methyl sites for hydroxylation is 2. The minimum absolute atomic E-state index is 0.0307. The largest absolute Gasteiger partial charge is 0.465 e. The summed E-state index contributed by atoms with van der Waals surface area (Å²) in [5.74, 6) is -1.14. The maximum absolute atomic E-state index is 12.8. The Morgan fingerprint density at radius 2 is 1.38 bits per heavy atom. The Hall–Kier alpha value is -2.87. The molecule has 0 fully saturated rings. The van der Waals surface area contributed by atoms with Gasteiger partial charge in [0.25, 0.3) is 10.0 Å². The van der Waals surface area contributed by atoms with E-state index in [1.165, 1.54) is 50.6 Å². The van der Waals surface area contributed by atoms with Crippen LogP contribution in [0.3, 0.4) is 0 Å². The maximum atomic E-state index is 12.8. The molecule has 2 rings (SSSR count). The lowest BCUT2D eigenvalue weighted by atomic mass is 10.1. The number of benzene rings is 2. The highest BCUT2D eigenvalue weighted by Crippen LogP contribution is 2.24. The summed E-state index contributed by atoms with van der Waals surface area (Å²) in [7, 11) is -1.45. The van der Waals surface area contributed by atoms with Gasteiger partial charge in [-0.3, -0.25) is 4.72 Å². The molecule has 0 aliphatic heterocycles. The Morgan fingerprint density at radius 1 is 0.846 bits per heavy atom. The zero-order valence-electron chi connectivity index (χ0n) is 14.8. The molecule has 26 heavy (non-hydrogen) atoms. The highest BCUT2D eigenvalue weighted by molar-refractivity contribution is 7.92. The average molecular weight is 377 g/mol. The summed E-state index contributed by atoms with van der Waals surface area (Å²) in [5, 5.41) is 0. The van der Waals surface area contributed by atoms with Crippen LogP contribution < -0.4 is 4.72 Å².